The molecule has 0 saturated carbocycles. The Kier molecular flexibility index (Phi) is 10.3. The third-order valence-electron chi connectivity index (χ3n) is 2.13. The summed E-state index contributed by atoms with van der Waals surface area (Å²) in [5.74, 6) is 0.521. The molecule has 0 fully saturated rings. The van der Waals surface area contributed by atoms with Gasteiger partial charge in [0.15, 0.2) is 0 Å². The molecule has 0 aliphatic heterocycles. The lowest BCUT2D eigenvalue weighted by Crippen LogP contribution is -2.25. The molecule has 17 heavy (non-hydrogen) atoms. The summed E-state index contributed by atoms with van der Waals surface area (Å²) in [5.41, 5.74) is 0. The Labute approximate surface area is 105 Å². The predicted molar refractivity (Wildman–Crippen MR) is 74.8 cm³/mol. The van der Waals surface area contributed by atoms with Crippen LogP contribution in [0, 0.1) is 5.92 Å². The summed E-state index contributed by atoms with van der Waals surface area (Å²) >= 11 is 0. The van der Waals surface area contributed by atoms with Crippen LogP contribution in [0.3, 0.4) is 0 Å². The SMILES string of the molecule is C/C=C/C=C\CCC/C=C/C(=O)NCC(C)C. The van der Waals surface area contributed by atoms with Gasteiger partial charge in [-0.15, -0.1) is 0 Å². The lowest BCUT2D eigenvalue weighted by molar-refractivity contribution is -0.116. The molecule has 0 aromatic rings. The zero-order valence-electron chi connectivity index (χ0n) is 11.3. The molecule has 0 atom stereocenters. The molecule has 0 aromatic heterocycles. The number of carbonyl (C=O) groups is 1. The average Bonchev–Trinajstić information content (AvgIpc) is 2.30. The van der Waals surface area contributed by atoms with E-state index in [-0.39, 0.29) is 5.91 Å². The van der Waals surface area contributed by atoms with Crippen LogP contribution in [0.2, 0.25) is 0 Å². The van der Waals surface area contributed by atoms with Gasteiger partial charge in [-0.25, -0.2) is 0 Å². The molecule has 0 saturated heterocycles. The second kappa shape index (κ2) is 11.2. The fourth-order valence-electron chi connectivity index (χ4n) is 1.19. The Bertz CT molecular complexity index is 275. The van der Waals surface area contributed by atoms with Crippen molar-refractivity contribution < 1.29 is 4.79 Å². The van der Waals surface area contributed by atoms with Crippen LogP contribution < -0.4 is 5.32 Å². The van der Waals surface area contributed by atoms with E-state index in [1.165, 1.54) is 0 Å². The summed E-state index contributed by atoms with van der Waals surface area (Å²) < 4.78 is 0. The molecule has 0 spiro atoms. The summed E-state index contributed by atoms with van der Waals surface area (Å²) in [6, 6.07) is 0. The Morgan fingerprint density at radius 1 is 1.18 bits per heavy atom. The highest BCUT2D eigenvalue weighted by molar-refractivity contribution is 5.87. The molecule has 96 valence electrons. The Morgan fingerprint density at radius 3 is 2.53 bits per heavy atom. The standard InChI is InChI=1S/C15H25NO/c1-4-5-6-7-8-9-10-11-12-15(17)16-13-14(2)3/h4-7,11-12,14H,8-10,13H2,1-3H3,(H,16,17)/b5-4+,7-6-,12-11+. The predicted octanol–water partition coefficient (Wildman–Crippen LogP) is 3.62. The van der Waals surface area contributed by atoms with Gasteiger partial charge >= 0.3 is 0 Å². The summed E-state index contributed by atoms with van der Waals surface area (Å²) in [4.78, 5) is 11.3. The first kappa shape index (κ1) is 15.7. The number of hydrogen-bond acceptors (Lipinski definition) is 1. The molecule has 0 bridgehead atoms. The molecular formula is C15H25NO. The van der Waals surface area contributed by atoms with Gasteiger partial charge in [0.05, 0.1) is 0 Å². The molecular weight excluding hydrogens is 210 g/mol. The van der Waals surface area contributed by atoms with Gasteiger partial charge < -0.3 is 5.32 Å². The largest absolute Gasteiger partial charge is 0.352 e. The van der Waals surface area contributed by atoms with E-state index in [4.69, 9.17) is 0 Å². The molecule has 2 nitrogen and oxygen atoms in total. The first-order valence-corrected chi connectivity index (χ1v) is 6.39. The fraction of sp³-hybridized carbons (Fsp3) is 0.533. The van der Waals surface area contributed by atoms with E-state index in [0.717, 1.165) is 25.8 Å². The van der Waals surface area contributed by atoms with Gasteiger partial charge in [-0.2, -0.15) is 0 Å². The number of unbranched alkanes of at least 4 members (excludes halogenated alkanes) is 2. The number of hydrogen-bond donors (Lipinski definition) is 1. The molecule has 0 rings (SSSR count). The molecule has 2 heteroatoms. The summed E-state index contributed by atoms with van der Waals surface area (Å²) in [6.45, 7) is 6.92. The minimum Gasteiger partial charge on any atom is -0.352 e. The normalized spacial score (nSPS) is 12.2. The quantitative estimate of drug-likeness (QED) is 0.388. The third kappa shape index (κ3) is 12.6. The van der Waals surface area contributed by atoms with Crippen molar-refractivity contribution in [2.75, 3.05) is 6.54 Å². The monoisotopic (exact) mass is 235 g/mol. The Balaban J connectivity index is 3.50. The van der Waals surface area contributed by atoms with Gasteiger partial charge in [-0.3, -0.25) is 4.79 Å². The zero-order chi connectivity index (χ0) is 12.9. The number of nitrogens with one attached hydrogen (secondary N) is 1. The van der Waals surface area contributed by atoms with E-state index in [1.807, 2.05) is 25.2 Å². The van der Waals surface area contributed by atoms with E-state index in [1.54, 1.807) is 6.08 Å². The molecule has 1 amide bonds. The maximum absolute atomic E-state index is 11.3. The van der Waals surface area contributed by atoms with Crippen LogP contribution in [-0.2, 0) is 4.79 Å². The van der Waals surface area contributed by atoms with Crippen molar-refractivity contribution in [1.82, 2.24) is 5.32 Å². The first-order chi connectivity index (χ1) is 8.16. The van der Waals surface area contributed by atoms with Crippen molar-refractivity contribution in [2.45, 2.75) is 40.0 Å². The van der Waals surface area contributed by atoms with Crippen LogP contribution >= 0.6 is 0 Å². The van der Waals surface area contributed by atoms with Crippen LogP contribution in [-0.4, -0.2) is 12.5 Å². The highest BCUT2D eigenvalue weighted by Crippen LogP contribution is 1.98. The van der Waals surface area contributed by atoms with Crippen LogP contribution in [0.5, 0.6) is 0 Å². The van der Waals surface area contributed by atoms with Crippen molar-refractivity contribution in [1.29, 1.82) is 0 Å². The molecule has 0 aliphatic carbocycles. The minimum absolute atomic E-state index is 0.0168. The molecule has 0 aromatic carbocycles. The molecule has 1 N–H and O–H groups in total. The van der Waals surface area contributed by atoms with Gasteiger partial charge in [0.25, 0.3) is 0 Å². The fourth-order valence-corrected chi connectivity index (χ4v) is 1.19. The third-order valence-corrected chi connectivity index (χ3v) is 2.13. The molecule has 0 unspecified atom stereocenters. The van der Waals surface area contributed by atoms with Gasteiger partial charge in [0.1, 0.15) is 0 Å². The van der Waals surface area contributed by atoms with Crippen molar-refractivity contribution in [3.05, 3.63) is 36.5 Å². The minimum atomic E-state index is 0.0168. The van der Waals surface area contributed by atoms with E-state index in [2.05, 4.69) is 31.3 Å². The van der Waals surface area contributed by atoms with E-state index < -0.39 is 0 Å². The smallest absolute Gasteiger partial charge is 0.243 e. The van der Waals surface area contributed by atoms with Crippen LogP contribution in [0.25, 0.3) is 0 Å². The lowest BCUT2D eigenvalue weighted by Gasteiger charge is -2.04. The molecule has 0 radical (unpaired) electrons. The summed E-state index contributed by atoms with van der Waals surface area (Å²) in [5, 5.41) is 2.85. The first-order valence-electron chi connectivity index (χ1n) is 6.39. The van der Waals surface area contributed by atoms with Gasteiger partial charge in [0, 0.05) is 6.54 Å². The highest BCUT2D eigenvalue weighted by Gasteiger charge is 1.96. The van der Waals surface area contributed by atoms with Crippen molar-refractivity contribution >= 4 is 5.91 Å². The lowest BCUT2D eigenvalue weighted by atomic mass is 10.2. The van der Waals surface area contributed by atoms with Crippen molar-refractivity contribution in [2.24, 2.45) is 5.92 Å². The number of rotatable bonds is 8. The van der Waals surface area contributed by atoms with Gasteiger partial charge in [-0.05, 0) is 38.2 Å². The van der Waals surface area contributed by atoms with Crippen LogP contribution in [0.4, 0.5) is 0 Å². The van der Waals surface area contributed by atoms with E-state index in [0.29, 0.717) is 5.92 Å². The zero-order valence-corrected chi connectivity index (χ0v) is 11.3. The maximum atomic E-state index is 11.3. The second-order valence-corrected chi connectivity index (χ2v) is 4.43. The highest BCUT2D eigenvalue weighted by atomic mass is 16.1. The average molecular weight is 235 g/mol. The number of amides is 1. The molecule has 0 heterocycles. The number of allylic oxidation sites excluding steroid dienone is 5. The van der Waals surface area contributed by atoms with E-state index >= 15 is 0 Å². The second-order valence-electron chi connectivity index (χ2n) is 4.43. The summed E-state index contributed by atoms with van der Waals surface area (Å²) in [6.07, 6.45) is 14.9. The van der Waals surface area contributed by atoms with Gasteiger partial charge in [0.2, 0.25) is 5.91 Å². The Hall–Kier alpha value is -1.31. The summed E-state index contributed by atoms with van der Waals surface area (Å²) in [7, 11) is 0. The van der Waals surface area contributed by atoms with Gasteiger partial charge in [-0.1, -0.05) is 44.2 Å². The van der Waals surface area contributed by atoms with E-state index in [9.17, 15) is 4.79 Å². The van der Waals surface area contributed by atoms with Crippen molar-refractivity contribution in [3.8, 4) is 0 Å². The van der Waals surface area contributed by atoms with Crippen LogP contribution in [0.15, 0.2) is 36.5 Å². The number of carbonyl (C=O) groups excluding carboxylic acids is 1. The molecule has 0 aliphatic rings. The van der Waals surface area contributed by atoms with Crippen LogP contribution in [0.1, 0.15) is 40.0 Å². The Morgan fingerprint density at radius 2 is 1.88 bits per heavy atom. The van der Waals surface area contributed by atoms with Crippen molar-refractivity contribution in [3.63, 3.8) is 0 Å². The topological polar surface area (TPSA) is 29.1 Å². The maximum Gasteiger partial charge on any atom is 0.243 e.